The van der Waals surface area contributed by atoms with Crippen LogP contribution in [0.5, 0.6) is 0 Å². The molecule has 0 spiro atoms. The van der Waals surface area contributed by atoms with Gasteiger partial charge in [0, 0.05) is 15.9 Å². The number of rotatable bonds is 1. The summed E-state index contributed by atoms with van der Waals surface area (Å²) < 4.78 is 1.21. The Labute approximate surface area is 101 Å². The van der Waals surface area contributed by atoms with E-state index in [1.165, 1.54) is 20.5 Å². The topological polar surface area (TPSA) is 12.0 Å². The summed E-state index contributed by atoms with van der Waals surface area (Å²) in [5.41, 5.74) is 2.84. The maximum absolute atomic E-state index is 3.60. The molecular weight excluding hydrogens is 270 g/mol. The lowest BCUT2D eigenvalue weighted by Crippen LogP contribution is -2.12. The summed E-state index contributed by atoms with van der Waals surface area (Å²) in [6.07, 6.45) is 0. The van der Waals surface area contributed by atoms with Crippen LogP contribution in [0.3, 0.4) is 0 Å². The third-order valence-electron chi connectivity index (χ3n) is 2.77. The number of hydrogen-bond acceptors (Lipinski definition) is 2. The zero-order valence-corrected chi connectivity index (χ0v) is 10.4. The lowest BCUT2D eigenvalue weighted by atomic mass is 10.0. The Morgan fingerprint density at radius 3 is 2.93 bits per heavy atom. The van der Waals surface area contributed by atoms with Crippen LogP contribution in [0.25, 0.3) is 0 Å². The number of thiophene rings is 1. The molecule has 1 unspecified atom stereocenters. The van der Waals surface area contributed by atoms with Gasteiger partial charge < -0.3 is 5.32 Å². The molecule has 0 aliphatic carbocycles. The maximum Gasteiger partial charge on any atom is 0.0688 e. The van der Waals surface area contributed by atoms with Gasteiger partial charge in [-0.05, 0) is 38.5 Å². The van der Waals surface area contributed by atoms with Crippen molar-refractivity contribution in [2.45, 2.75) is 12.6 Å². The normalized spacial score (nSPS) is 19.1. The van der Waals surface area contributed by atoms with E-state index in [2.05, 4.69) is 57.0 Å². The first-order valence-corrected chi connectivity index (χ1v) is 6.57. The van der Waals surface area contributed by atoms with Gasteiger partial charge in [0.2, 0.25) is 0 Å². The minimum Gasteiger partial charge on any atom is -0.301 e. The Balaban J connectivity index is 2.08. The number of halogens is 1. The fourth-order valence-corrected chi connectivity index (χ4v) is 3.74. The zero-order chi connectivity index (χ0) is 10.3. The molecular formula is C12H10BrNS. The predicted molar refractivity (Wildman–Crippen MR) is 67.1 cm³/mol. The standard InChI is InChI=1S/C12H10BrNS/c13-10-5-6-15-12(10)11-9-4-2-1-3-8(9)7-14-11/h1-6,11,14H,7H2. The molecule has 0 saturated heterocycles. The van der Waals surface area contributed by atoms with Crippen molar-refractivity contribution in [3.63, 3.8) is 0 Å². The maximum atomic E-state index is 3.60. The largest absolute Gasteiger partial charge is 0.301 e. The minimum atomic E-state index is 0.371. The number of nitrogens with one attached hydrogen (secondary N) is 1. The Kier molecular flexibility index (Phi) is 2.39. The Bertz CT molecular complexity index is 492. The first-order chi connectivity index (χ1) is 7.36. The quantitative estimate of drug-likeness (QED) is 0.839. The van der Waals surface area contributed by atoms with E-state index >= 15 is 0 Å². The number of hydrogen-bond donors (Lipinski definition) is 1. The average Bonchev–Trinajstić information content (AvgIpc) is 2.83. The third-order valence-corrected chi connectivity index (χ3v) is 4.71. The molecule has 1 aromatic heterocycles. The molecule has 1 N–H and O–H groups in total. The Morgan fingerprint density at radius 2 is 2.13 bits per heavy atom. The van der Waals surface area contributed by atoms with E-state index in [-0.39, 0.29) is 0 Å². The second-order valence-electron chi connectivity index (χ2n) is 3.65. The van der Waals surface area contributed by atoms with E-state index in [4.69, 9.17) is 0 Å². The molecule has 15 heavy (non-hydrogen) atoms. The fraction of sp³-hybridized carbons (Fsp3) is 0.167. The van der Waals surface area contributed by atoms with E-state index in [9.17, 15) is 0 Å². The van der Waals surface area contributed by atoms with Crippen molar-refractivity contribution in [2.24, 2.45) is 0 Å². The van der Waals surface area contributed by atoms with E-state index < -0.39 is 0 Å². The monoisotopic (exact) mass is 279 g/mol. The first kappa shape index (κ1) is 9.58. The average molecular weight is 280 g/mol. The van der Waals surface area contributed by atoms with Gasteiger partial charge >= 0.3 is 0 Å². The summed E-state index contributed by atoms with van der Waals surface area (Å²) in [5.74, 6) is 0. The molecule has 0 amide bonds. The van der Waals surface area contributed by atoms with Crippen molar-refractivity contribution in [1.29, 1.82) is 0 Å². The summed E-state index contributed by atoms with van der Waals surface area (Å²) in [6, 6.07) is 11.1. The SMILES string of the molecule is Brc1ccsc1C1NCc2ccccc21. The van der Waals surface area contributed by atoms with Crippen LogP contribution in [0.2, 0.25) is 0 Å². The van der Waals surface area contributed by atoms with Crippen LogP contribution >= 0.6 is 27.3 Å². The lowest BCUT2D eigenvalue weighted by molar-refractivity contribution is 0.675. The van der Waals surface area contributed by atoms with Crippen molar-refractivity contribution in [3.05, 3.63) is 56.2 Å². The van der Waals surface area contributed by atoms with E-state index in [1.54, 1.807) is 11.3 Å². The van der Waals surface area contributed by atoms with Gasteiger partial charge in [0.1, 0.15) is 0 Å². The van der Waals surface area contributed by atoms with Crippen LogP contribution in [0.1, 0.15) is 22.0 Å². The van der Waals surface area contributed by atoms with E-state index in [0.29, 0.717) is 6.04 Å². The number of benzene rings is 1. The third kappa shape index (κ3) is 1.55. The van der Waals surface area contributed by atoms with Gasteiger partial charge in [0.25, 0.3) is 0 Å². The van der Waals surface area contributed by atoms with Gasteiger partial charge in [-0.2, -0.15) is 0 Å². The van der Waals surface area contributed by atoms with Crippen molar-refractivity contribution in [3.8, 4) is 0 Å². The van der Waals surface area contributed by atoms with Crippen molar-refractivity contribution in [2.75, 3.05) is 0 Å². The van der Waals surface area contributed by atoms with Crippen LogP contribution in [0.4, 0.5) is 0 Å². The summed E-state index contributed by atoms with van der Waals surface area (Å²) in [5, 5.41) is 5.67. The van der Waals surface area contributed by atoms with Gasteiger partial charge in [0.05, 0.1) is 6.04 Å². The fourth-order valence-electron chi connectivity index (χ4n) is 2.04. The summed E-state index contributed by atoms with van der Waals surface area (Å²) in [6.45, 7) is 0.977. The molecule has 1 nitrogen and oxygen atoms in total. The van der Waals surface area contributed by atoms with Crippen LogP contribution in [-0.4, -0.2) is 0 Å². The van der Waals surface area contributed by atoms with Crippen LogP contribution in [0.15, 0.2) is 40.2 Å². The molecule has 0 saturated carbocycles. The second-order valence-corrected chi connectivity index (χ2v) is 5.45. The second kappa shape index (κ2) is 3.74. The molecule has 0 bridgehead atoms. The Hall–Kier alpha value is -0.640. The molecule has 1 atom stereocenters. The van der Waals surface area contributed by atoms with Crippen molar-refractivity contribution >= 4 is 27.3 Å². The molecule has 2 aromatic rings. The molecule has 0 fully saturated rings. The van der Waals surface area contributed by atoms with Gasteiger partial charge in [-0.25, -0.2) is 0 Å². The highest BCUT2D eigenvalue weighted by molar-refractivity contribution is 9.10. The summed E-state index contributed by atoms with van der Waals surface area (Å²) in [7, 11) is 0. The molecule has 1 aliphatic rings. The van der Waals surface area contributed by atoms with E-state index in [1.807, 2.05) is 0 Å². The number of fused-ring (bicyclic) bond motifs is 1. The Morgan fingerprint density at radius 1 is 1.27 bits per heavy atom. The zero-order valence-electron chi connectivity index (χ0n) is 8.03. The minimum absolute atomic E-state index is 0.371. The highest BCUT2D eigenvalue weighted by atomic mass is 79.9. The highest BCUT2D eigenvalue weighted by Gasteiger charge is 2.24. The lowest BCUT2D eigenvalue weighted by Gasteiger charge is -2.10. The molecule has 3 rings (SSSR count). The van der Waals surface area contributed by atoms with Crippen molar-refractivity contribution < 1.29 is 0 Å². The predicted octanol–water partition coefficient (Wildman–Crippen LogP) is 3.70. The van der Waals surface area contributed by atoms with Crippen LogP contribution in [-0.2, 0) is 6.54 Å². The van der Waals surface area contributed by atoms with Gasteiger partial charge in [-0.3, -0.25) is 0 Å². The molecule has 0 radical (unpaired) electrons. The molecule has 1 aliphatic heterocycles. The summed E-state index contributed by atoms with van der Waals surface area (Å²) >= 11 is 5.40. The highest BCUT2D eigenvalue weighted by Crippen LogP contribution is 2.37. The summed E-state index contributed by atoms with van der Waals surface area (Å²) in [4.78, 5) is 1.37. The van der Waals surface area contributed by atoms with Gasteiger partial charge in [-0.1, -0.05) is 24.3 Å². The molecule has 3 heteroatoms. The van der Waals surface area contributed by atoms with Gasteiger partial charge in [-0.15, -0.1) is 11.3 Å². The smallest absolute Gasteiger partial charge is 0.0688 e. The van der Waals surface area contributed by atoms with Crippen LogP contribution in [0, 0.1) is 0 Å². The van der Waals surface area contributed by atoms with Crippen LogP contribution < -0.4 is 5.32 Å². The first-order valence-electron chi connectivity index (χ1n) is 4.90. The van der Waals surface area contributed by atoms with Crippen molar-refractivity contribution in [1.82, 2.24) is 5.32 Å². The molecule has 1 aromatic carbocycles. The van der Waals surface area contributed by atoms with E-state index in [0.717, 1.165) is 6.54 Å². The van der Waals surface area contributed by atoms with Gasteiger partial charge in [0.15, 0.2) is 0 Å². The molecule has 2 heterocycles. The molecule has 76 valence electrons.